The van der Waals surface area contributed by atoms with Crippen molar-refractivity contribution in [2.75, 3.05) is 14.2 Å². The monoisotopic (exact) mass is 723 g/mol. The van der Waals surface area contributed by atoms with Gasteiger partial charge < -0.3 is 18.3 Å². The van der Waals surface area contributed by atoms with Crippen LogP contribution < -0.4 is 9.47 Å². The van der Waals surface area contributed by atoms with Crippen molar-refractivity contribution in [2.45, 2.75) is 0 Å². The fraction of sp³-hybridized carbons (Fsp3) is 0.0606. The van der Waals surface area contributed by atoms with Gasteiger partial charge in [0.15, 0.2) is 11.6 Å². The molecule has 0 atom stereocenters. The number of carbonyl (C=O) groups is 1. The molecular formula is C33H23Cl2N11O5. The van der Waals surface area contributed by atoms with E-state index >= 15 is 0 Å². The van der Waals surface area contributed by atoms with Gasteiger partial charge in [0.25, 0.3) is 0 Å². The van der Waals surface area contributed by atoms with E-state index in [9.17, 15) is 4.79 Å². The molecule has 6 aromatic heterocycles. The van der Waals surface area contributed by atoms with Crippen molar-refractivity contribution < 1.29 is 23.1 Å². The molecule has 0 spiro atoms. The molecule has 18 heteroatoms. The molecule has 0 fully saturated rings. The molecule has 16 nitrogen and oxygen atoms in total. The summed E-state index contributed by atoms with van der Waals surface area (Å²) in [6.45, 7) is 0. The summed E-state index contributed by atoms with van der Waals surface area (Å²) in [4.78, 5) is 26.8. The van der Waals surface area contributed by atoms with E-state index in [1.54, 1.807) is 78.8 Å². The van der Waals surface area contributed by atoms with Gasteiger partial charge in [-0.1, -0.05) is 23.7 Å². The number of benzene rings is 1. The lowest BCUT2D eigenvalue weighted by atomic mass is 10.3. The van der Waals surface area contributed by atoms with Crippen molar-refractivity contribution in [1.29, 1.82) is 0 Å². The molecule has 0 radical (unpaired) electrons. The van der Waals surface area contributed by atoms with Gasteiger partial charge in [0.05, 0.1) is 24.9 Å². The average molecular weight is 725 g/mol. The standard InChI is InChI=1S/C22H15ClN8O2.C11H8ClN3O3/c1-32-20-12-14(8-11-25-20)22-30-28-19(33-22)7-6-18-27-29-21(16-9-10-24-13-26-16)31(18)17-5-3-2-4-15(17)23;1-17-10-6-7(4-5-13-10)11-15-14-9(18-11)3-2-8(12)16/h2-13H,1H3;2-6H,1H3/b7-6+;3-2+. The number of hydrogen-bond donors (Lipinski definition) is 0. The molecule has 0 amide bonds. The predicted octanol–water partition coefficient (Wildman–Crippen LogP) is 5.92. The van der Waals surface area contributed by atoms with Gasteiger partial charge in [0.1, 0.15) is 12.0 Å². The summed E-state index contributed by atoms with van der Waals surface area (Å²) >= 11 is 11.6. The van der Waals surface area contributed by atoms with Gasteiger partial charge in [-0.25, -0.2) is 19.9 Å². The highest BCUT2D eigenvalue weighted by molar-refractivity contribution is 6.66. The number of para-hydroxylation sites is 1. The topological polar surface area (TPSA) is 196 Å². The molecule has 0 aliphatic carbocycles. The van der Waals surface area contributed by atoms with Gasteiger partial charge in [-0.2, -0.15) is 0 Å². The molecule has 6 heterocycles. The van der Waals surface area contributed by atoms with Crippen LogP contribution in [0.1, 0.15) is 17.6 Å². The minimum Gasteiger partial charge on any atom is -0.481 e. The fourth-order valence-corrected chi connectivity index (χ4v) is 4.57. The van der Waals surface area contributed by atoms with E-state index in [4.69, 9.17) is 41.5 Å². The first-order valence-electron chi connectivity index (χ1n) is 14.6. The van der Waals surface area contributed by atoms with E-state index in [0.29, 0.717) is 62.7 Å². The number of allylic oxidation sites excluding steroid dienone is 1. The van der Waals surface area contributed by atoms with Crippen LogP contribution in [0.2, 0.25) is 5.02 Å². The second kappa shape index (κ2) is 16.2. The first kappa shape index (κ1) is 34.2. The highest BCUT2D eigenvalue weighted by Crippen LogP contribution is 2.28. The molecule has 51 heavy (non-hydrogen) atoms. The van der Waals surface area contributed by atoms with Gasteiger partial charge >= 0.3 is 0 Å². The van der Waals surface area contributed by atoms with Crippen LogP contribution >= 0.6 is 23.2 Å². The van der Waals surface area contributed by atoms with Gasteiger partial charge in [0.2, 0.25) is 40.6 Å². The van der Waals surface area contributed by atoms with E-state index in [2.05, 4.69) is 50.5 Å². The number of hydrogen-bond acceptors (Lipinski definition) is 15. The van der Waals surface area contributed by atoms with Crippen molar-refractivity contribution in [3.8, 4) is 51.9 Å². The van der Waals surface area contributed by atoms with Crippen LogP contribution in [0, 0.1) is 0 Å². The molecule has 7 aromatic rings. The van der Waals surface area contributed by atoms with Gasteiger partial charge in [-0.3, -0.25) is 9.36 Å². The van der Waals surface area contributed by atoms with E-state index in [1.807, 2.05) is 18.2 Å². The Kier molecular flexibility index (Phi) is 10.8. The quantitative estimate of drug-likeness (QED) is 0.119. The Hall–Kier alpha value is -6.65. The maximum atomic E-state index is 10.5. The first-order chi connectivity index (χ1) is 24.9. The molecule has 254 valence electrons. The molecule has 7 rings (SSSR count). The Balaban J connectivity index is 0.000000211. The number of ether oxygens (including phenoxy) is 2. The maximum Gasteiger partial charge on any atom is 0.248 e. The van der Waals surface area contributed by atoms with Gasteiger partial charge in [-0.15, -0.1) is 30.6 Å². The van der Waals surface area contributed by atoms with E-state index in [0.717, 1.165) is 6.08 Å². The summed E-state index contributed by atoms with van der Waals surface area (Å²) < 4.78 is 23.0. The summed E-state index contributed by atoms with van der Waals surface area (Å²) in [6.07, 6.45) is 12.1. The average Bonchev–Trinajstić information content (AvgIpc) is 3.95. The SMILES string of the molecule is COc1cc(-c2nnc(/C=C/C(=O)Cl)o2)ccn1.COc1cc(-c2nnc(/C=C/c3nnc(-c4ccncn4)n3-c3ccccc3Cl)o2)ccn1. The van der Waals surface area contributed by atoms with Crippen LogP contribution in [-0.4, -0.2) is 74.6 Å². The highest BCUT2D eigenvalue weighted by Gasteiger charge is 2.17. The summed E-state index contributed by atoms with van der Waals surface area (Å²) in [7, 11) is 3.05. The fourth-order valence-electron chi connectivity index (χ4n) is 4.29. The van der Waals surface area contributed by atoms with Crippen LogP contribution in [-0.2, 0) is 4.79 Å². The summed E-state index contributed by atoms with van der Waals surface area (Å²) in [5, 5.41) is 24.3. The normalized spacial score (nSPS) is 11.1. The summed E-state index contributed by atoms with van der Waals surface area (Å²) in [6, 6.07) is 16.0. The zero-order chi connectivity index (χ0) is 35.6. The smallest absolute Gasteiger partial charge is 0.248 e. The van der Waals surface area contributed by atoms with Crippen LogP contribution in [0.4, 0.5) is 0 Å². The molecular weight excluding hydrogens is 701 g/mol. The Morgan fingerprint density at radius 2 is 1.39 bits per heavy atom. The Morgan fingerprint density at radius 1 is 0.745 bits per heavy atom. The molecule has 0 saturated carbocycles. The van der Waals surface area contributed by atoms with E-state index in [1.165, 1.54) is 19.5 Å². The van der Waals surface area contributed by atoms with Crippen molar-refractivity contribution in [1.82, 2.24) is 55.1 Å². The summed E-state index contributed by atoms with van der Waals surface area (Å²) in [5.41, 5.74) is 2.67. The van der Waals surface area contributed by atoms with Crippen molar-refractivity contribution in [3.05, 3.63) is 108 Å². The molecule has 0 saturated heterocycles. The number of methoxy groups -OCH3 is 2. The number of nitrogens with zero attached hydrogens (tertiary/aromatic N) is 11. The number of aromatic nitrogens is 11. The van der Waals surface area contributed by atoms with Crippen molar-refractivity contribution in [2.24, 2.45) is 0 Å². The number of carbonyl (C=O) groups excluding carboxylic acids is 1. The Bertz CT molecular complexity index is 2320. The van der Waals surface area contributed by atoms with E-state index < -0.39 is 5.24 Å². The zero-order valence-electron chi connectivity index (χ0n) is 26.5. The predicted molar refractivity (Wildman–Crippen MR) is 184 cm³/mol. The largest absolute Gasteiger partial charge is 0.481 e. The Labute approximate surface area is 298 Å². The van der Waals surface area contributed by atoms with Crippen LogP contribution in [0.25, 0.3) is 58.3 Å². The van der Waals surface area contributed by atoms with Crippen LogP contribution in [0.3, 0.4) is 0 Å². The van der Waals surface area contributed by atoms with Crippen molar-refractivity contribution in [3.63, 3.8) is 0 Å². The van der Waals surface area contributed by atoms with Crippen LogP contribution in [0.5, 0.6) is 11.8 Å². The summed E-state index contributed by atoms with van der Waals surface area (Å²) in [5.74, 6) is 3.03. The van der Waals surface area contributed by atoms with Crippen LogP contribution in [0.15, 0.2) is 94.4 Å². The third-order valence-electron chi connectivity index (χ3n) is 6.59. The third kappa shape index (κ3) is 8.51. The molecule has 0 aliphatic rings. The number of pyridine rings is 2. The minimum atomic E-state index is -0.611. The molecule has 0 N–H and O–H groups in total. The minimum absolute atomic E-state index is 0.190. The number of rotatable bonds is 10. The molecule has 0 aliphatic heterocycles. The lowest BCUT2D eigenvalue weighted by Gasteiger charge is -2.10. The second-order valence-electron chi connectivity index (χ2n) is 9.80. The maximum absolute atomic E-state index is 10.5. The van der Waals surface area contributed by atoms with Gasteiger partial charge in [-0.05, 0) is 48.0 Å². The van der Waals surface area contributed by atoms with Crippen molar-refractivity contribution >= 4 is 46.7 Å². The zero-order valence-corrected chi connectivity index (χ0v) is 28.0. The molecule has 1 aromatic carbocycles. The highest BCUT2D eigenvalue weighted by atomic mass is 35.5. The lowest BCUT2D eigenvalue weighted by Crippen LogP contribution is -2.02. The first-order valence-corrected chi connectivity index (χ1v) is 15.4. The Morgan fingerprint density at radius 3 is 1.98 bits per heavy atom. The van der Waals surface area contributed by atoms with E-state index in [-0.39, 0.29) is 11.8 Å². The van der Waals surface area contributed by atoms with Gasteiger partial charge in [0, 0.05) is 60.1 Å². The second-order valence-corrected chi connectivity index (χ2v) is 10.6. The third-order valence-corrected chi connectivity index (χ3v) is 7.03. The molecule has 0 bridgehead atoms. The number of halogens is 2. The molecule has 0 unspecified atom stereocenters. The lowest BCUT2D eigenvalue weighted by molar-refractivity contribution is -0.107.